The van der Waals surface area contributed by atoms with E-state index < -0.39 is 5.60 Å². The number of pyridine rings is 1. The number of hydrogen-bond donors (Lipinski definition) is 2. The van der Waals surface area contributed by atoms with E-state index >= 15 is 0 Å². The summed E-state index contributed by atoms with van der Waals surface area (Å²) in [6, 6.07) is 13.4. The van der Waals surface area contributed by atoms with E-state index in [-0.39, 0.29) is 6.04 Å². The Kier molecular flexibility index (Phi) is 4.76. The minimum Gasteiger partial charge on any atom is -0.384 e. The molecule has 1 aromatic carbocycles. The zero-order valence-corrected chi connectivity index (χ0v) is 12.4. The lowest BCUT2D eigenvalue weighted by Crippen LogP contribution is -2.36. The van der Waals surface area contributed by atoms with E-state index in [1.54, 1.807) is 13.1 Å². The average molecular weight is 291 g/mol. The highest BCUT2D eigenvalue weighted by molar-refractivity contribution is 6.30. The van der Waals surface area contributed by atoms with Crippen LogP contribution in [0.2, 0.25) is 5.15 Å². The Balaban J connectivity index is 2.03. The summed E-state index contributed by atoms with van der Waals surface area (Å²) in [5.41, 5.74) is 0.888. The third kappa shape index (κ3) is 3.57. The van der Waals surface area contributed by atoms with Crippen molar-refractivity contribution >= 4 is 11.6 Å². The van der Waals surface area contributed by atoms with E-state index in [0.29, 0.717) is 11.7 Å². The molecule has 1 heterocycles. The van der Waals surface area contributed by atoms with Crippen molar-refractivity contribution in [3.63, 3.8) is 0 Å². The van der Waals surface area contributed by atoms with Crippen molar-refractivity contribution in [3.05, 3.63) is 64.9 Å². The molecule has 106 valence electrons. The monoisotopic (exact) mass is 290 g/mol. The predicted molar refractivity (Wildman–Crippen MR) is 81.7 cm³/mol. The Hall–Kier alpha value is -1.42. The van der Waals surface area contributed by atoms with Crippen LogP contribution >= 0.6 is 11.6 Å². The Morgan fingerprint density at radius 3 is 2.60 bits per heavy atom. The highest BCUT2D eigenvalue weighted by Crippen LogP contribution is 2.23. The molecule has 2 atom stereocenters. The summed E-state index contributed by atoms with van der Waals surface area (Å²) >= 11 is 6.07. The van der Waals surface area contributed by atoms with Gasteiger partial charge in [-0.3, -0.25) is 0 Å². The maximum Gasteiger partial charge on any atom is 0.133 e. The summed E-state index contributed by atoms with van der Waals surface area (Å²) in [7, 11) is 0. The second-order valence-corrected chi connectivity index (χ2v) is 5.48. The first-order chi connectivity index (χ1) is 9.50. The first-order valence-electron chi connectivity index (χ1n) is 6.62. The van der Waals surface area contributed by atoms with Crippen molar-refractivity contribution in [1.29, 1.82) is 0 Å². The molecular formula is C16H19ClN2O. The maximum atomic E-state index is 10.5. The van der Waals surface area contributed by atoms with Crippen LogP contribution in [0.1, 0.15) is 31.0 Å². The lowest BCUT2D eigenvalue weighted by atomic mass is 9.95. The van der Waals surface area contributed by atoms with Gasteiger partial charge in [0.1, 0.15) is 5.15 Å². The molecule has 3 nitrogen and oxygen atoms in total. The van der Waals surface area contributed by atoms with Gasteiger partial charge in [-0.25, -0.2) is 4.98 Å². The quantitative estimate of drug-likeness (QED) is 0.831. The fraction of sp³-hybridized carbons (Fsp3) is 0.312. The lowest BCUT2D eigenvalue weighted by molar-refractivity contribution is 0.0543. The number of nitrogens with one attached hydrogen (secondary N) is 1. The molecule has 0 radical (unpaired) electrons. The van der Waals surface area contributed by atoms with E-state index in [1.807, 2.05) is 49.4 Å². The van der Waals surface area contributed by atoms with Gasteiger partial charge in [0.05, 0.1) is 5.60 Å². The van der Waals surface area contributed by atoms with E-state index in [2.05, 4.69) is 10.3 Å². The van der Waals surface area contributed by atoms with Crippen LogP contribution in [0, 0.1) is 0 Å². The minimum atomic E-state index is -0.926. The second-order valence-electron chi connectivity index (χ2n) is 5.13. The Morgan fingerprint density at radius 1 is 1.25 bits per heavy atom. The van der Waals surface area contributed by atoms with Gasteiger partial charge in [-0.05, 0) is 25.5 Å². The fourth-order valence-corrected chi connectivity index (χ4v) is 2.37. The molecule has 0 fully saturated rings. The van der Waals surface area contributed by atoms with Crippen molar-refractivity contribution in [2.75, 3.05) is 6.54 Å². The van der Waals surface area contributed by atoms with E-state index in [0.717, 1.165) is 11.1 Å². The van der Waals surface area contributed by atoms with Crippen molar-refractivity contribution in [2.24, 2.45) is 0 Å². The van der Waals surface area contributed by atoms with Gasteiger partial charge in [0.2, 0.25) is 0 Å². The van der Waals surface area contributed by atoms with Crippen LogP contribution in [0.25, 0.3) is 0 Å². The standard InChI is InChI=1S/C16H19ClN2O/c1-12(14-9-6-10-18-15(14)17)19-11-16(2,20)13-7-4-3-5-8-13/h3-10,12,19-20H,11H2,1-2H3. The maximum absolute atomic E-state index is 10.5. The third-order valence-electron chi connectivity index (χ3n) is 3.40. The van der Waals surface area contributed by atoms with Gasteiger partial charge in [-0.15, -0.1) is 0 Å². The highest BCUT2D eigenvalue weighted by atomic mass is 35.5. The molecule has 4 heteroatoms. The van der Waals surface area contributed by atoms with Gasteiger partial charge in [-0.1, -0.05) is 48.0 Å². The lowest BCUT2D eigenvalue weighted by Gasteiger charge is -2.26. The van der Waals surface area contributed by atoms with E-state index in [9.17, 15) is 5.11 Å². The molecule has 20 heavy (non-hydrogen) atoms. The molecule has 2 aromatic rings. The zero-order valence-electron chi connectivity index (χ0n) is 11.7. The van der Waals surface area contributed by atoms with E-state index in [1.165, 1.54) is 0 Å². The number of nitrogens with zero attached hydrogens (tertiary/aromatic N) is 1. The van der Waals surface area contributed by atoms with Crippen LogP contribution in [-0.2, 0) is 5.60 Å². The van der Waals surface area contributed by atoms with Gasteiger partial charge in [0.15, 0.2) is 0 Å². The number of benzene rings is 1. The summed E-state index contributed by atoms with van der Waals surface area (Å²) in [5.74, 6) is 0. The summed E-state index contributed by atoms with van der Waals surface area (Å²) in [5, 5.41) is 14.3. The predicted octanol–water partition coefficient (Wildman–Crippen LogP) is 3.29. The molecule has 0 aliphatic heterocycles. The highest BCUT2D eigenvalue weighted by Gasteiger charge is 2.23. The average Bonchev–Trinajstić information content (AvgIpc) is 2.46. The molecule has 2 rings (SSSR count). The van der Waals surface area contributed by atoms with Gasteiger partial charge in [0.25, 0.3) is 0 Å². The first-order valence-corrected chi connectivity index (χ1v) is 7.00. The Morgan fingerprint density at radius 2 is 1.95 bits per heavy atom. The molecule has 2 N–H and O–H groups in total. The number of hydrogen-bond acceptors (Lipinski definition) is 3. The van der Waals surface area contributed by atoms with Gasteiger partial charge in [-0.2, -0.15) is 0 Å². The van der Waals surface area contributed by atoms with Crippen LogP contribution < -0.4 is 5.32 Å². The first kappa shape index (κ1) is 15.0. The SMILES string of the molecule is CC(NCC(C)(O)c1ccccc1)c1cccnc1Cl. The summed E-state index contributed by atoms with van der Waals surface area (Å²) in [4.78, 5) is 4.07. The number of rotatable bonds is 5. The Bertz CT molecular complexity index is 557. The number of aliphatic hydroxyl groups is 1. The summed E-state index contributed by atoms with van der Waals surface area (Å²) in [6.45, 7) is 4.24. The summed E-state index contributed by atoms with van der Waals surface area (Å²) in [6.07, 6.45) is 1.67. The normalized spacial score (nSPS) is 15.6. The molecule has 0 saturated carbocycles. The van der Waals surface area contributed by atoms with Gasteiger partial charge >= 0.3 is 0 Å². The molecule has 1 aromatic heterocycles. The Labute approximate surface area is 124 Å². The summed E-state index contributed by atoms with van der Waals surface area (Å²) < 4.78 is 0. The zero-order chi connectivity index (χ0) is 14.6. The van der Waals surface area contributed by atoms with Gasteiger partial charge < -0.3 is 10.4 Å². The minimum absolute atomic E-state index is 0.0198. The largest absolute Gasteiger partial charge is 0.384 e. The van der Waals surface area contributed by atoms with E-state index in [4.69, 9.17) is 11.6 Å². The van der Waals surface area contributed by atoms with Crippen LogP contribution in [0.5, 0.6) is 0 Å². The fourth-order valence-electron chi connectivity index (χ4n) is 2.08. The van der Waals surface area contributed by atoms with Crippen molar-refractivity contribution in [3.8, 4) is 0 Å². The van der Waals surface area contributed by atoms with Crippen LogP contribution in [0.3, 0.4) is 0 Å². The second kappa shape index (κ2) is 6.35. The van der Waals surface area contributed by atoms with Crippen molar-refractivity contribution < 1.29 is 5.11 Å². The van der Waals surface area contributed by atoms with Crippen molar-refractivity contribution in [1.82, 2.24) is 10.3 Å². The molecule has 0 aliphatic rings. The third-order valence-corrected chi connectivity index (χ3v) is 3.72. The molecule has 2 unspecified atom stereocenters. The van der Waals surface area contributed by atoms with Crippen LogP contribution in [-0.4, -0.2) is 16.6 Å². The molecule has 0 aliphatic carbocycles. The van der Waals surface area contributed by atoms with Crippen LogP contribution in [0.15, 0.2) is 48.7 Å². The molecule has 0 amide bonds. The topological polar surface area (TPSA) is 45.1 Å². The molecule has 0 bridgehead atoms. The molecule has 0 saturated heterocycles. The molecular weight excluding hydrogens is 272 g/mol. The number of aromatic nitrogens is 1. The van der Waals surface area contributed by atoms with Crippen molar-refractivity contribution in [2.45, 2.75) is 25.5 Å². The van der Waals surface area contributed by atoms with Gasteiger partial charge in [0, 0.05) is 24.3 Å². The number of halogens is 1. The molecule has 0 spiro atoms. The van der Waals surface area contributed by atoms with Crippen LogP contribution in [0.4, 0.5) is 0 Å². The smallest absolute Gasteiger partial charge is 0.133 e.